The van der Waals surface area contributed by atoms with Crippen LogP contribution in [-0.4, -0.2) is 30.6 Å². The van der Waals surface area contributed by atoms with Gasteiger partial charge in [-0.05, 0) is 13.5 Å². The first-order chi connectivity index (χ1) is 5.70. The number of hydrogen-bond donors (Lipinski definition) is 2. The molecule has 1 atom stereocenters. The van der Waals surface area contributed by atoms with Crippen LogP contribution >= 0.6 is 0 Å². The van der Waals surface area contributed by atoms with Gasteiger partial charge >= 0.3 is 0 Å². The number of ketones is 1. The Balaban J connectivity index is 3.40. The van der Waals surface area contributed by atoms with Gasteiger partial charge in [-0.25, -0.2) is 0 Å². The lowest BCUT2D eigenvalue weighted by atomic mass is 10.1. The summed E-state index contributed by atoms with van der Waals surface area (Å²) >= 11 is 0. The van der Waals surface area contributed by atoms with E-state index >= 15 is 0 Å². The second-order valence-corrected chi connectivity index (χ2v) is 3.06. The van der Waals surface area contributed by atoms with Crippen molar-refractivity contribution in [2.24, 2.45) is 0 Å². The van der Waals surface area contributed by atoms with Gasteiger partial charge in [0.1, 0.15) is 5.78 Å². The van der Waals surface area contributed by atoms with Crippen LogP contribution < -0.4 is 5.32 Å². The first-order valence-corrected chi connectivity index (χ1v) is 4.55. The fraction of sp³-hybridized carbons (Fsp3) is 0.889. The first-order valence-electron chi connectivity index (χ1n) is 4.55. The molecule has 0 saturated heterocycles. The lowest BCUT2D eigenvalue weighted by molar-refractivity contribution is -0.120. The van der Waals surface area contributed by atoms with Crippen molar-refractivity contribution in [3.63, 3.8) is 0 Å². The van der Waals surface area contributed by atoms with E-state index in [1.165, 1.54) is 0 Å². The quantitative estimate of drug-likeness (QED) is 0.596. The van der Waals surface area contributed by atoms with E-state index in [9.17, 15) is 9.90 Å². The number of hydrogen-bond acceptors (Lipinski definition) is 3. The highest BCUT2D eigenvalue weighted by Crippen LogP contribution is 2.00. The van der Waals surface area contributed by atoms with Crippen molar-refractivity contribution >= 4 is 5.78 Å². The largest absolute Gasteiger partial charge is 0.391 e. The Hall–Kier alpha value is -0.410. The van der Waals surface area contributed by atoms with Gasteiger partial charge in [0.2, 0.25) is 0 Å². The third-order valence-corrected chi connectivity index (χ3v) is 1.71. The highest BCUT2D eigenvalue weighted by molar-refractivity contribution is 5.78. The molecule has 0 aliphatic carbocycles. The van der Waals surface area contributed by atoms with E-state index in [0.29, 0.717) is 19.4 Å². The number of nitrogens with one attached hydrogen (secondary N) is 1. The van der Waals surface area contributed by atoms with Crippen molar-refractivity contribution in [1.82, 2.24) is 5.32 Å². The number of aliphatic hydroxyl groups excluding tert-OH is 1. The topological polar surface area (TPSA) is 49.3 Å². The van der Waals surface area contributed by atoms with Crippen molar-refractivity contribution in [3.05, 3.63) is 0 Å². The number of carbonyl (C=O) groups is 1. The van der Waals surface area contributed by atoms with E-state index in [2.05, 4.69) is 12.2 Å². The number of unbranched alkanes of at least 4 members (excludes halogenated alkanes) is 1. The maximum atomic E-state index is 11.1. The van der Waals surface area contributed by atoms with Crippen molar-refractivity contribution in [3.8, 4) is 0 Å². The van der Waals surface area contributed by atoms with Gasteiger partial charge in [0.15, 0.2) is 0 Å². The minimum atomic E-state index is -0.514. The van der Waals surface area contributed by atoms with Crippen molar-refractivity contribution < 1.29 is 9.90 Å². The smallest absolute Gasteiger partial charge is 0.135 e. The van der Waals surface area contributed by atoms with Crippen molar-refractivity contribution in [1.29, 1.82) is 0 Å². The molecule has 0 amide bonds. The zero-order chi connectivity index (χ0) is 9.40. The summed E-state index contributed by atoms with van der Waals surface area (Å²) in [7, 11) is 1.76. The Morgan fingerprint density at radius 3 is 2.75 bits per heavy atom. The maximum absolute atomic E-state index is 11.1. The molecule has 1 unspecified atom stereocenters. The van der Waals surface area contributed by atoms with Gasteiger partial charge in [0, 0.05) is 19.4 Å². The number of likely N-dealkylation sites (N-methyl/N-ethyl adjacent to an activating group) is 1. The Labute approximate surface area is 74.2 Å². The molecule has 0 saturated carbocycles. The predicted molar refractivity (Wildman–Crippen MR) is 49.1 cm³/mol. The standard InChI is InChI=1S/C9H19NO2/c1-3-4-5-8(11)6-9(12)7-10-2/h9-10,12H,3-7H2,1-2H3. The molecule has 0 aromatic carbocycles. The monoisotopic (exact) mass is 173 g/mol. The Kier molecular flexibility index (Phi) is 7.00. The Morgan fingerprint density at radius 2 is 2.25 bits per heavy atom. The lowest BCUT2D eigenvalue weighted by Gasteiger charge is -2.07. The summed E-state index contributed by atoms with van der Waals surface area (Å²) in [5.74, 6) is 0.166. The molecular formula is C9H19NO2. The van der Waals surface area contributed by atoms with Crippen LogP contribution in [0.1, 0.15) is 32.6 Å². The Bertz CT molecular complexity index is 126. The first kappa shape index (κ1) is 11.6. The van der Waals surface area contributed by atoms with Crippen LogP contribution in [0.2, 0.25) is 0 Å². The van der Waals surface area contributed by atoms with Crippen LogP contribution in [0.3, 0.4) is 0 Å². The summed E-state index contributed by atoms with van der Waals surface area (Å²) in [4.78, 5) is 11.1. The summed E-state index contributed by atoms with van der Waals surface area (Å²) in [6, 6.07) is 0. The molecular weight excluding hydrogens is 154 g/mol. The van der Waals surface area contributed by atoms with Crippen LogP contribution in [0.4, 0.5) is 0 Å². The predicted octanol–water partition coefficient (Wildman–Crippen LogP) is 0.716. The average molecular weight is 173 g/mol. The highest BCUT2D eigenvalue weighted by Gasteiger charge is 2.08. The van der Waals surface area contributed by atoms with E-state index in [4.69, 9.17) is 0 Å². The number of rotatable bonds is 7. The van der Waals surface area contributed by atoms with Gasteiger partial charge in [0.25, 0.3) is 0 Å². The SMILES string of the molecule is CCCCC(=O)CC(O)CNC. The van der Waals surface area contributed by atoms with E-state index in [-0.39, 0.29) is 5.78 Å². The molecule has 0 heterocycles. The highest BCUT2D eigenvalue weighted by atomic mass is 16.3. The molecule has 0 bridgehead atoms. The molecule has 2 N–H and O–H groups in total. The molecule has 0 fully saturated rings. The van der Waals surface area contributed by atoms with Crippen LogP contribution in [0.15, 0.2) is 0 Å². The summed E-state index contributed by atoms with van der Waals surface area (Å²) < 4.78 is 0. The fourth-order valence-corrected chi connectivity index (χ4v) is 1.05. The second-order valence-electron chi connectivity index (χ2n) is 3.06. The van der Waals surface area contributed by atoms with E-state index in [1.807, 2.05) is 0 Å². The van der Waals surface area contributed by atoms with Gasteiger partial charge in [-0.2, -0.15) is 0 Å². The van der Waals surface area contributed by atoms with Crippen LogP contribution in [-0.2, 0) is 4.79 Å². The molecule has 12 heavy (non-hydrogen) atoms. The summed E-state index contributed by atoms with van der Waals surface area (Å²) in [5, 5.41) is 12.1. The average Bonchev–Trinajstić information content (AvgIpc) is 2.01. The third kappa shape index (κ3) is 6.31. The van der Waals surface area contributed by atoms with E-state index in [0.717, 1.165) is 12.8 Å². The summed E-state index contributed by atoms with van der Waals surface area (Å²) in [6.07, 6.45) is 2.36. The maximum Gasteiger partial charge on any atom is 0.135 e. The lowest BCUT2D eigenvalue weighted by Crippen LogP contribution is -2.25. The van der Waals surface area contributed by atoms with Gasteiger partial charge < -0.3 is 10.4 Å². The molecule has 0 aliphatic rings. The molecule has 3 nitrogen and oxygen atoms in total. The van der Waals surface area contributed by atoms with Crippen molar-refractivity contribution in [2.45, 2.75) is 38.7 Å². The van der Waals surface area contributed by atoms with Gasteiger partial charge in [-0.3, -0.25) is 4.79 Å². The Morgan fingerprint density at radius 1 is 1.58 bits per heavy atom. The fourth-order valence-electron chi connectivity index (χ4n) is 1.05. The van der Waals surface area contributed by atoms with Crippen molar-refractivity contribution in [2.75, 3.05) is 13.6 Å². The number of Topliss-reactive ketones (excluding diaryl/α,β-unsaturated/α-hetero) is 1. The van der Waals surface area contributed by atoms with Gasteiger partial charge in [0.05, 0.1) is 6.10 Å². The molecule has 3 heteroatoms. The van der Waals surface area contributed by atoms with Crippen LogP contribution in [0.25, 0.3) is 0 Å². The normalized spacial score (nSPS) is 12.9. The minimum Gasteiger partial charge on any atom is -0.391 e. The van der Waals surface area contributed by atoms with Gasteiger partial charge in [-0.1, -0.05) is 13.3 Å². The zero-order valence-corrected chi connectivity index (χ0v) is 7.97. The molecule has 0 radical (unpaired) electrons. The molecule has 0 aromatic rings. The third-order valence-electron chi connectivity index (χ3n) is 1.71. The summed E-state index contributed by atoms with van der Waals surface area (Å²) in [6.45, 7) is 2.55. The molecule has 0 rings (SSSR count). The molecule has 0 aromatic heterocycles. The van der Waals surface area contributed by atoms with Gasteiger partial charge in [-0.15, -0.1) is 0 Å². The second kappa shape index (κ2) is 7.25. The molecule has 72 valence electrons. The zero-order valence-electron chi connectivity index (χ0n) is 7.97. The van der Waals surface area contributed by atoms with Crippen LogP contribution in [0.5, 0.6) is 0 Å². The van der Waals surface area contributed by atoms with Crippen LogP contribution in [0, 0.1) is 0 Å². The number of aliphatic hydroxyl groups is 1. The number of carbonyl (C=O) groups excluding carboxylic acids is 1. The van der Waals surface area contributed by atoms with E-state index < -0.39 is 6.10 Å². The minimum absolute atomic E-state index is 0.166. The van der Waals surface area contributed by atoms with E-state index in [1.54, 1.807) is 7.05 Å². The molecule has 0 spiro atoms. The molecule has 0 aliphatic heterocycles. The summed E-state index contributed by atoms with van der Waals surface area (Å²) in [5.41, 5.74) is 0.